The summed E-state index contributed by atoms with van der Waals surface area (Å²) in [5, 5.41) is 29.5. The lowest BCUT2D eigenvalue weighted by atomic mass is 10.1. The summed E-state index contributed by atoms with van der Waals surface area (Å²) in [5.74, 6) is -0.420. The molecule has 2 aromatic heterocycles. The third kappa shape index (κ3) is 4.49. The van der Waals surface area contributed by atoms with Gasteiger partial charge in [-0.15, -0.1) is 5.10 Å². The SMILES string of the molecule is C/C(=N\NC(=O)c1nnn(-c2nonc2N)c1CN(C)c1ccccc1)c1ccccc1O. The zero-order valence-corrected chi connectivity index (χ0v) is 17.9. The molecule has 0 saturated heterocycles. The second-order valence-corrected chi connectivity index (χ2v) is 7.12. The van der Waals surface area contributed by atoms with Gasteiger partial charge in [0.1, 0.15) is 5.75 Å². The average Bonchev–Trinajstić information content (AvgIpc) is 3.43. The first-order chi connectivity index (χ1) is 16.0. The lowest BCUT2D eigenvalue weighted by molar-refractivity contribution is 0.0948. The van der Waals surface area contributed by atoms with Crippen molar-refractivity contribution in [3.05, 3.63) is 71.5 Å². The molecule has 0 fully saturated rings. The van der Waals surface area contributed by atoms with Crippen LogP contribution < -0.4 is 16.1 Å². The second kappa shape index (κ2) is 9.18. The Labute approximate surface area is 188 Å². The van der Waals surface area contributed by atoms with Gasteiger partial charge < -0.3 is 15.7 Å². The first-order valence-corrected chi connectivity index (χ1v) is 9.88. The third-order valence-corrected chi connectivity index (χ3v) is 4.88. The fourth-order valence-electron chi connectivity index (χ4n) is 3.15. The Hall–Kier alpha value is -4.74. The minimum absolute atomic E-state index is 0.00360. The number of carbonyl (C=O) groups excluding carboxylic acids is 1. The van der Waals surface area contributed by atoms with Crippen LogP contribution in [0, 0.1) is 0 Å². The Morgan fingerprint density at radius 3 is 2.61 bits per heavy atom. The number of aromatic hydroxyl groups is 1. The van der Waals surface area contributed by atoms with Gasteiger partial charge in [0.2, 0.25) is 11.6 Å². The lowest BCUT2D eigenvalue weighted by Crippen LogP contribution is -2.25. The van der Waals surface area contributed by atoms with Crippen LogP contribution in [0.4, 0.5) is 11.5 Å². The van der Waals surface area contributed by atoms with Gasteiger partial charge >= 0.3 is 0 Å². The summed E-state index contributed by atoms with van der Waals surface area (Å²) >= 11 is 0. The van der Waals surface area contributed by atoms with E-state index >= 15 is 0 Å². The number of phenols is 1. The number of hydrogen-bond donors (Lipinski definition) is 3. The number of nitrogens with two attached hydrogens (primary N) is 1. The van der Waals surface area contributed by atoms with Gasteiger partial charge in [-0.2, -0.15) is 9.78 Å². The van der Waals surface area contributed by atoms with Gasteiger partial charge in [0.05, 0.1) is 18.0 Å². The minimum Gasteiger partial charge on any atom is -0.507 e. The molecule has 0 aliphatic rings. The zero-order chi connectivity index (χ0) is 23.4. The number of carbonyl (C=O) groups is 1. The highest BCUT2D eigenvalue weighted by Crippen LogP contribution is 2.21. The average molecular weight is 447 g/mol. The van der Waals surface area contributed by atoms with E-state index in [4.69, 9.17) is 5.73 Å². The first kappa shape index (κ1) is 21.5. The highest BCUT2D eigenvalue weighted by atomic mass is 16.6. The third-order valence-electron chi connectivity index (χ3n) is 4.88. The Balaban J connectivity index is 1.65. The van der Waals surface area contributed by atoms with Crippen LogP contribution in [0.1, 0.15) is 28.7 Å². The standard InChI is InChI=1S/C21H21N9O3/c1-13(15-10-6-7-11-17(15)31)23-25-21(32)18-16(12-29(2)14-8-4-3-5-9-14)30(28-24-18)20-19(22)26-33-27-20/h3-11,31H,12H2,1-2H3,(H2,22,26)(H,25,32)/b23-13+. The van der Waals surface area contributed by atoms with Crippen LogP contribution in [0.5, 0.6) is 5.75 Å². The first-order valence-electron chi connectivity index (χ1n) is 9.88. The summed E-state index contributed by atoms with van der Waals surface area (Å²) < 4.78 is 5.99. The largest absolute Gasteiger partial charge is 0.507 e. The van der Waals surface area contributed by atoms with E-state index < -0.39 is 5.91 Å². The molecular weight excluding hydrogens is 426 g/mol. The maximum Gasteiger partial charge on any atom is 0.293 e. The zero-order valence-electron chi connectivity index (χ0n) is 17.9. The summed E-state index contributed by atoms with van der Waals surface area (Å²) in [6.07, 6.45) is 0. The number of nitrogen functional groups attached to an aromatic ring is 1. The van der Waals surface area contributed by atoms with Gasteiger partial charge in [-0.05, 0) is 41.5 Å². The Morgan fingerprint density at radius 2 is 1.91 bits per heavy atom. The maximum atomic E-state index is 13.0. The number of aromatic nitrogens is 5. The second-order valence-electron chi connectivity index (χ2n) is 7.12. The predicted molar refractivity (Wildman–Crippen MR) is 120 cm³/mol. The van der Waals surface area contributed by atoms with E-state index in [9.17, 15) is 9.90 Å². The van der Waals surface area contributed by atoms with Crippen molar-refractivity contribution in [2.75, 3.05) is 17.7 Å². The fourth-order valence-corrected chi connectivity index (χ4v) is 3.15. The molecule has 0 aliphatic carbocycles. The van der Waals surface area contributed by atoms with Crippen molar-refractivity contribution in [1.82, 2.24) is 30.7 Å². The number of nitrogens with one attached hydrogen (secondary N) is 1. The van der Waals surface area contributed by atoms with E-state index in [-0.39, 0.29) is 29.6 Å². The topological polar surface area (TPSA) is 161 Å². The summed E-state index contributed by atoms with van der Waals surface area (Å²) in [4.78, 5) is 14.9. The molecule has 0 bridgehead atoms. The molecule has 0 unspecified atom stereocenters. The van der Waals surface area contributed by atoms with Crippen LogP contribution in [-0.4, -0.2) is 49.1 Å². The van der Waals surface area contributed by atoms with Crippen molar-refractivity contribution in [3.8, 4) is 11.6 Å². The summed E-state index contributed by atoms with van der Waals surface area (Å²) in [6.45, 7) is 1.91. The smallest absolute Gasteiger partial charge is 0.293 e. The quantitative estimate of drug-likeness (QED) is 0.283. The summed E-state index contributed by atoms with van der Waals surface area (Å²) in [5.41, 5.74) is 10.5. The molecule has 4 rings (SSSR count). The molecule has 4 aromatic rings. The Bertz CT molecular complexity index is 1300. The van der Waals surface area contributed by atoms with Crippen LogP contribution in [0.3, 0.4) is 0 Å². The molecule has 0 saturated carbocycles. The van der Waals surface area contributed by atoms with Gasteiger partial charge in [-0.25, -0.2) is 10.1 Å². The molecular formula is C21H21N9O3. The van der Waals surface area contributed by atoms with Crippen LogP contribution in [0.15, 0.2) is 64.3 Å². The van der Waals surface area contributed by atoms with Crippen molar-refractivity contribution >= 4 is 23.1 Å². The van der Waals surface area contributed by atoms with E-state index in [1.807, 2.05) is 42.3 Å². The van der Waals surface area contributed by atoms with Crippen LogP contribution in [-0.2, 0) is 6.54 Å². The van der Waals surface area contributed by atoms with Crippen molar-refractivity contribution in [3.63, 3.8) is 0 Å². The highest BCUT2D eigenvalue weighted by Gasteiger charge is 2.25. The molecule has 1 amide bonds. The van der Waals surface area contributed by atoms with Gasteiger partial charge in [-0.1, -0.05) is 35.5 Å². The van der Waals surface area contributed by atoms with Gasteiger partial charge in [-0.3, -0.25) is 4.79 Å². The number of amides is 1. The van der Waals surface area contributed by atoms with E-state index in [2.05, 4.69) is 35.8 Å². The number of hydrazone groups is 1. The van der Waals surface area contributed by atoms with Gasteiger partial charge in [0.25, 0.3) is 5.91 Å². The Kier molecular flexibility index (Phi) is 5.98. The number of rotatable bonds is 7. The highest BCUT2D eigenvalue weighted by molar-refractivity contribution is 6.02. The number of benzene rings is 2. The van der Waals surface area contributed by atoms with E-state index in [1.165, 1.54) is 10.7 Å². The van der Waals surface area contributed by atoms with Gasteiger partial charge in [0, 0.05) is 18.3 Å². The summed E-state index contributed by atoms with van der Waals surface area (Å²) in [6, 6.07) is 16.3. The minimum atomic E-state index is -0.595. The van der Waals surface area contributed by atoms with Crippen LogP contribution in [0.2, 0.25) is 0 Å². The van der Waals surface area contributed by atoms with Crippen LogP contribution in [0.25, 0.3) is 5.82 Å². The molecule has 12 heteroatoms. The molecule has 33 heavy (non-hydrogen) atoms. The molecule has 2 aromatic carbocycles. The molecule has 0 spiro atoms. The van der Waals surface area contributed by atoms with Crippen molar-refractivity contribution < 1.29 is 14.5 Å². The molecule has 0 atom stereocenters. The number of hydrogen-bond acceptors (Lipinski definition) is 10. The van der Waals surface area contributed by atoms with E-state index in [1.54, 1.807) is 25.1 Å². The van der Waals surface area contributed by atoms with E-state index in [0.717, 1.165) is 5.69 Å². The number of phenolic OH excluding ortho intramolecular Hbond substituents is 1. The van der Waals surface area contributed by atoms with Crippen molar-refractivity contribution in [1.29, 1.82) is 0 Å². The number of anilines is 2. The number of nitrogens with zero attached hydrogens (tertiary/aromatic N) is 7. The monoisotopic (exact) mass is 447 g/mol. The van der Waals surface area contributed by atoms with Crippen molar-refractivity contribution in [2.45, 2.75) is 13.5 Å². The molecule has 0 radical (unpaired) electrons. The maximum absolute atomic E-state index is 13.0. The Morgan fingerprint density at radius 1 is 1.18 bits per heavy atom. The molecule has 2 heterocycles. The molecule has 12 nitrogen and oxygen atoms in total. The molecule has 4 N–H and O–H groups in total. The van der Waals surface area contributed by atoms with Crippen molar-refractivity contribution in [2.24, 2.45) is 5.10 Å². The molecule has 168 valence electrons. The summed E-state index contributed by atoms with van der Waals surface area (Å²) in [7, 11) is 1.86. The predicted octanol–water partition coefficient (Wildman–Crippen LogP) is 1.73. The normalized spacial score (nSPS) is 11.4. The van der Waals surface area contributed by atoms with Gasteiger partial charge in [0.15, 0.2) is 5.69 Å². The molecule has 0 aliphatic heterocycles. The van der Waals surface area contributed by atoms with E-state index in [0.29, 0.717) is 17.0 Å². The lowest BCUT2D eigenvalue weighted by Gasteiger charge is -2.19. The number of para-hydroxylation sites is 2. The fraction of sp³-hybridized carbons (Fsp3) is 0.143. The van der Waals surface area contributed by atoms with Crippen LogP contribution >= 0.6 is 0 Å².